The van der Waals surface area contributed by atoms with Crippen LogP contribution in [0.25, 0.3) is 0 Å². The Labute approximate surface area is 146 Å². The second kappa shape index (κ2) is 9.22. The maximum absolute atomic E-state index is 13.7. The van der Waals surface area contributed by atoms with Gasteiger partial charge in [-0.15, -0.1) is 11.3 Å². The van der Waals surface area contributed by atoms with Gasteiger partial charge in [0.15, 0.2) is 17.5 Å². The zero-order valence-corrected chi connectivity index (χ0v) is 15.0. The normalized spacial score (nSPS) is 11.4. The number of guanidine groups is 1. The molecule has 0 bridgehead atoms. The Bertz CT molecular complexity index is 687. The lowest BCUT2D eigenvalue weighted by molar-refractivity contribution is 0.386. The maximum atomic E-state index is 13.7. The lowest BCUT2D eigenvalue weighted by Gasteiger charge is -2.11. The molecule has 1 aromatic heterocycles. The number of hydrogen-bond donors (Lipinski definition) is 2. The fourth-order valence-corrected chi connectivity index (χ4v) is 2.80. The van der Waals surface area contributed by atoms with Gasteiger partial charge in [-0.2, -0.15) is 0 Å². The van der Waals surface area contributed by atoms with E-state index in [1.165, 1.54) is 13.2 Å². The molecule has 0 radical (unpaired) electrons. The number of thiazole rings is 1. The molecular formula is C17H23FN4OS. The average Bonchev–Trinajstić information content (AvgIpc) is 2.98. The van der Waals surface area contributed by atoms with Gasteiger partial charge in [0.25, 0.3) is 0 Å². The van der Waals surface area contributed by atoms with Gasteiger partial charge in [0.2, 0.25) is 0 Å². The molecule has 0 atom stereocenters. The molecule has 24 heavy (non-hydrogen) atoms. The Morgan fingerprint density at radius 2 is 2.21 bits per heavy atom. The summed E-state index contributed by atoms with van der Waals surface area (Å²) >= 11 is 1.65. The van der Waals surface area contributed by atoms with Gasteiger partial charge in [0, 0.05) is 24.9 Å². The van der Waals surface area contributed by atoms with E-state index in [-0.39, 0.29) is 11.6 Å². The lowest BCUT2D eigenvalue weighted by Crippen LogP contribution is -2.38. The fourth-order valence-electron chi connectivity index (χ4n) is 2.15. The Morgan fingerprint density at radius 1 is 1.38 bits per heavy atom. The van der Waals surface area contributed by atoms with E-state index in [2.05, 4.69) is 26.0 Å². The Kier molecular flexibility index (Phi) is 6.99. The van der Waals surface area contributed by atoms with Gasteiger partial charge in [0.05, 0.1) is 24.4 Å². The first-order valence-corrected chi connectivity index (χ1v) is 8.76. The summed E-state index contributed by atoms with van der Waals surface area (Å²) in [5, 5.41) is 9.60. The molecule has 2 N–H and O–H groups in total. The monoisotopic (exact) mass is 350 g/mol. The average molecular weight is 350 g/mol. The van der Waals surface area contributed by atoms with Gasteiger partial charge >= 0.3 is 0 Å². The minimum Gasteiger partial charge on any atom is -0.494 e. The van der Waals surface area contributed by atoms with Gasteiger partial charge in [-0.05, 0) is 31.5 Å². The SMILES string of the molecule is CCNC(=NCc1ccc(OC)c(F)c1)NCCc1csc(C)n1. The first kappa shape index (κ1) is 18.2. The maximum Gasteiger partial charge on any atom is 0.191 e. The van der Waals surface area contributed by atoms with E-state index < -0.39 is 0 Å². The lowest BCUT2D eigenvalue weighted by atomic mass is 10.2. The number of aliphatic imine (C=N–C) groups is 1. The fraction of sp³-hybridized carbons (Fsp3) is 0.412. The molecule has 7 heteroatoms. The van der Waals surface area contributed by atoms with Crippen LogP contribution < -0.4 is 15.4 Å². The molecular weight excluding hydrogens is 327 g/mol. The molecule has 0 aliphatic rings. The zero-order valence-electron chi connectivity index (χ0n) is 14.2. The van der Waals surface area contributed by atoms with Gasteiger partial charge in [-0.1, -0.05) is 6.07 Å². The highest BCUT2D eigenvalue weighted by atomic mass is 32.1. The molecule has 130 valence electrons. The van der Waals surface area contributed by atoms with Crippen LogP contribution in [0.4, 0.5) is 4.39 Å². The highest BCUT2D eigenvalue weighted by Gasteiger charge is 2.04. The summed E-state index contributed by atoms with van der Waals surface area (Å²) in [4.78, 5) is 8.92. The number of halogens is 1. The molecule has 0 fully saturated rings. The number of benzene rings is 1. The van der Waals surface area contributed by atoms with Crippen molar-refractivity contribution in [2.24, 2.45) is 4.99 Å². The van der Waals surface area contributed by atoms with Crippen molar-refractivity contribution in [1.29, 1.82) is 0 Å². The summed E-state index contributed by atoms with van der Waals surface area (Å²) in [5.41, 5.74) is 1.87. The number of rotatable bonds is 7. The first-order chi connectivity index (χ1) is 11.6. The molecule has 0 unspecified atom stereocenters. The number of nitrogens with zero attached hydrogens (tertiary/aromatic N) is 2. The van der Waals surface area contributed by atoms with Crippen LogP contribution in [0.5, 0.6) is 5.75 Å². The highest BCUT2D eigenvalue weighted by Crippen LogP contribution is 2.18. The molecule has 1 aromatic carbocycles. The highest BCUT2D eigenvalue weighted by molar-refractivity contribution is 7.09. The molecule has 0 amide bonds. The third kappa shape index (κ3) is 5.49. The number of methoxy groups -OCH3 is 1. The minimum atomic E-state index is -0.373. The zero-order chi connectivity index (χ0) is 17.4. The van der Waals surface area contributed by atoms with E-state index in [1.807, 2.05) is 19.9 Å². The topological polar surface area (TPSA) is 58.5 Å². The van der Waals surface area contributed by atoms with Crippen molar-refractivity contribution >= 4 is 17.3 Å². The predicted octanol–water partition coefficient (Wildman–Crippen LogP) is 2.90. The van der Waals surface area contributed by atoms with Crippen LogP contribution in [-0.2, 0) is 13.0 Å². The van der Waals surface area contributed by atoms with E-state index in [1.54, 1.807) is 17.4 Å². The summed E-state index contributed by atoms with van der Waals surface area (Å²) in [6.45, 7) is 5.91. The van der Waals surface area contributed by atoms with Crippen LogP contribution >= 0.6 is 11.3 Å². The van der Waals surface area contributed by atoms with E-state index in [0.29, 0.717) is 12.5 Å². The Hall–Kier alpha value is -2.15. The molecule has 0 saturated carbocycles. The van der Waals surface area contributed by atoms with Crippen LogP contribution in [0.15, 0.2) is 28.6 Å². The van der Waals surface area contributed by atoms with E-state index >= 15 is 0 Å². The van der Waals surface area contributed by atoms with E-state index in [0.717, 1.165) is 35.8 Å². The summed E-state index contributed by atoms with van der Waals surface area (Å²) in [5.74, 6) is 0.578. The van der Waals surface area contributed by atoms with Crippen LogP contribution in [0.3, 0.4) is 0 Å². The van der Waals surface area contributed by atoms with Crippen LogP contribution in [0.2, 0.25) is 0 Å². The number of aromatic nitrogens is 1. The molecule has 0 spiro atoms. The molecule has 0 aliphatic carbocycles. The Balaban J connectivity index is 1.91. The van der Waals surface area contributed by atoms with Crippen LogP contribution in [0, 0.1) is 12.7 Å². The third-order valence-electron chi connectivity index (χ3n) is 3.32. The van der Waals surface area contributed by atoms with Crippen molar-refractivity contribution in [3.8, 4) is 5.75 Å². The second-order valence-corrected chi connectivity index (χ2v) is 6.26. The summed E-state index contributed by atoms with van der Waals surface area (Å²) < 4.78 is 18.6. The van der Waals surface area contributed by atoms with Crippen molar-refractivity contribution in [2.45, 2.75) is 26.8 Å². The quantitative estimate of drug-likeness (QED) is 0.595. The van der Waals surface area contributed by atoms with Crippen molar-refractivity contribution in [2.75, 3.05) is 20.2 Å². The molecule has 0 saturated heterocycles. The molecule has 5 nitrogen and oxygen atoms in total. The second-order valence-electron chi connectivity index (χ2n) is 5.20. The summed E-state index contributed by atoms with van der Waals surface area (Å²) in [6, 6.07) is 4.88. The summed E-state index contributed by atoms with van der Waals surface area (Å²) in [7, 11) is 1.45. The number of hydrogen-bond acceptors (Lipinski definition) is 4. The van der Waals surface area contributed by atoms with Gasteiger partial charge in [-0.25, -0.2) is 14.4 Å². The number of ether oxygens (including phenoxy) is 1. The molecule has 2 aromatic rings. The van der Waals surface area contributed by atoms with Crippen molar-refractivity contribution in [3.05, 3.63) is 45.7 Å². The predicted molar refractivity (Wildman–Crippen MR) is 96.3 cm³/mol. The smallest absolute Gasteiger partial charge is 0.191 e. The molecule has 1 heterocycles. The van der Waals surface area contributed by atoms with Crippen molar-refractivity contribution < 1.29 is 9.13 Å². The summed E-state index contributed by atoms with van der Waals surface area (Å²) in [6.07, 6.45) is 0.839. The molecule has 2 rings (SSSR count). The number of nitrogens with one attached hydrogen (secondary N) is 2. The third-order valence-corrected chi connectivity index (χ3v) is 4.14. The first-order valence-electron chi connectivity index (χ1n) is 7.88. The van der Waals surface area contributed by atoms with Gasteiger partial charge < -0.3 is 15.4 Å². The van der Waals surface area contributed by atoms with Crippen molar-refractivity contribution in [3.63, 3.8) is 0 Å². The van der Waals surface area contributed by atoms with Gasteiger partial charge in [0.1, 0.15) is 0 Å². The minimum absolute atomic E-state index is 0.242. The van der Waals surface area contributed by atoms with E-state index in [9.17, 15) is 4.39 Å². The van der Waals surface area contributed by atoms with Crippen molar-refractivity contribution in [1.82, 2.24) is 15.6 Å². The van der Waals surface area contributed by atoms with Gasteiger partial charge in [-0.3, -0.25) is 0 Å². The Morgan fingerprint density at radius 3 is 2.83 bits per heavy atom. The number of aryl methyl sites for hydroxylation is 1. The van der Waals surface area contributed by atoms with E-state index in [4.69, 9.17) is 4.74 Å². The van der Waals surface area contributed by atoms with Crippen LogP contribution in [-0.4, -0.2) is 31.1 Å². The molecule has 0 aliphatic heterocycles. The van der Waals surface area contributed by atoms with Crippen LogP contribution in [0.1, 0.15) is 23.2 Å². The largest absolute Gasteiger partial charge is 0.494 e. The standard InChI is InChI=1S/C17H23FN4OS/c1-4-19-17(20-8-7-14-11-24-12(2)22-14)21-10-13-5-6-16(23-3)15(18)9-13/h5-6,9,11H,4,7-8,10H2,1-3H3,(H2,19,20,21).